The van der Waals surface area contributed by atoms with Crippen molar-refractivity contribution < 1.29 is 0 Å². The lowest BCUT2D eigenvalue weighted by atomic mass is 10.2. The Bertz CT molecular complexity index is 551. The molecule has 0 saturated carbocycles. The summed E-state index contributed by atoms with van der Waals surface area (Å²) in [6, 6.07) is 4.00. The molecule has 1 N–H and O–H groups in total. The molecule has 18 heavy (non-hydrogen) atoms. The Labute approximate surface area is 107 Å². The molecule has 0 aromatic carbocycles. The third-order valence-electron chi connectivity index (χ3n) is 3.30. The number of rotatable bonds is 3. The fraction of sp³-hybridized carbons (Fsp3) is 0.357. The highest BCUT2D eigenvalue weighted by molar-refractivity contribution is 5.48. The van der Waals surface area contributed by atoms with Crippen LogP contribution in [0.25, 0.3) is 0 Å². The second-order valence-corrected chi connectivity index (χ2v) is 4.56. The quantitative estimate of drug-likeness (QED) is 0.891. The van der Waals surface area contributed by atoms with Gasteiger partial charge >= 0.3 is 0 Å². The van der Waals surface area contributed by atoms with E-state index in [1.807, 2.05) is 19.3 Å². The van der Waals surface area contributed by atoms with E-state index in [2.05, 4.69) is 26.3 Å². The van der Waals surface area contributed by atoms with Crippen molar-refractivity contribution >= 4 is 5.82 Å². The van der Waals surface area contributed by atoms with Gasteiger partial charge in [0, 0.05) is 37.1 Å². The molecule has 0 saturated heterocycles. The van der Waals surface area contributed by atoms with Crippen LogP contribution in [0.15, 0.2) is 24.5 Å². The Kier molecular flexibility index (Phi) is 2.92. The van der Waals surface area contributed by atoms with Crippen molar-refractivity contribution in [2.24, 2.45) is 0 Å². The molecule has 0 aliphatic heterocycles. The Balaban J connectivity index is 1.94. The van der Waals surface area contributed by atoms with Crippen LogP contribution in [0.2, 0.25) is 0 Å². The normalized spacial score (nSPS) is 13.4. The highest BCUT2D eigenvalue weighted by atomic mass is 15.0. The number of nitrogens with zero attached hydrogens (tertiary/aromatic N) is 3. The van der Waals surface area contributed by atoms with Gasteiger partial charge in [0.1, 0.15) is 11.6 Å². The molecular formula is C14H16N4. The molecule has 3 rings (SSSR count). The molecule has 0 atom stereocenters. The van der Waals surface area contributed by atoms with Crippen molar-refractivity contribution in [3.8, 4) is 0 Å². The van der Waals surface area contributed by atoms with Crippen LogP contribution in [-0.4, -0.2) is 22.0 Å². The molecule has 0 spiro atoms. The van der Waals surface area contributed by atoms with Crippen LogP contribution >= 0.6 is 0 Å². The first-order chi connectivity index (χ1) is 8.86. The van der Waals surface area contributed by atoms with Crippen molar-refractivity contribution in [3.05, 3.63) is 47.2 Å². The Hall–Kier alpha value is -1.97. The third-order valence-corrected chi connectivity index (χ3v) is 3.30. The summed E-state index contributed by atoms with van der Waals surface area (Å²) in [6.45, 7) is 0. The SMILES string of the molecule is CNc1nc(Cc2cccnc2)nc2c1CCC2. The van der Waals surface area contributed by atoms with Gasteiger partial charge in [0.05, 0.1) is 0 Å². The largest absolute Gasteiger partial charge is 0.373 e. The summed E-state index contributed by atoms with van der Waals surface area (Å²) in [5.41, 5.74) is 3.66. The second kappa shape index (κ2) is 4.72. The van der Waals surface area contributed by atoms with Crippen LogP contribution in [0.3, 0.4) is 0 Å². The van der Waals surface area contributed by atoms with Crippen molar-refractivity contribution in [3.63, 3.8) is 0 Å². The first-order valence-corrected chi connectivity index (χ1v) is 6.32. The van der Waals surface area contributed by atoms with Crippen LogP contribution in [0, 0.1) is 0 Å². The zero-order chi connectivity index (χ0) is 12.4. The zero-order valence-electron chi connectivity index (χ0n) is 10.5. The fourth-order valence-electron chi connectivity index (χ4n) is 2.45. The molecule has 4 heteroatoms. The van der Waals surface area contributed by atoms with E-state index in [1.54, 1.807) is 6.20 Å². The predicted molar refractivity (Wildman–Crippen MR) is 70.6 cm³/mol. The molecule has 1 aliphatic rings. The van der Waals surface area contributed by atoms with Crippen LogP contribution in [0.1, 0.15) is 29.1 Å². The van der Waals surface area contributed by atoms with E-state index in [9.17, 15) is 0 Å². The summed E-state index contributed by atoms with van der Waals surface area (Å²) < 4.78 is 0. The molecule has 92 valence electrons. The van der Waals surface area contributed by atoms with Gasteiger partial charge in [-0.1, -0.05) is 6.07 Å². The predicted octanol–water partition coefficient (Wildman–Crippen LogP) is 1.99. The third kappa shape index (κ3) is 2.06. The molecule has 0 amide bonds. The van der Waals surface area contributed by atoms with Crippen LogP contribution in [0.4, 0.5) is 5.82 Å². The van der Waals surface area contributed by atoms with Crippen LogP contribution in [0.5, 0.6) is 0 Å². The van der Waals surface area contributed by atoms with E-state index >= 15 is 0 Å². The summed E-state index contributed by atoms with van der Waals surface area (Å²) in [5.74, 6) is 1.88. The molecule has 0 fully saturated rings. The summed E-state index contributed by atoms with van der Waals surface area (Å²) >= 11 is 0. The van der Waals surface area contributed by atoms with Gasteiger partial charge in [-0.3, -0.25) is 4.98 Å². The van der Waals surface area contributed by atoms with E-state index in [-0.39, 0.29) is 0 Å². The van der Waals surface area contributed by atoms with Crippen molar-refractivity contribution in [2.45, 2.75) is 25.7 Å². The minimum absolute atomic E-state index is 0.746. The molecule has 0 bridgehead atoms. The van der Waals surface area contributed by atoms with Gasteiger partial charge in [0.15, 0.2) is 0 Å². The van der Waals surface area contributed by atoms with E-state index in [0.717, 1.165) is 36.5 Å². The average molecular weight is 240 g/mol. The highest BCUT2D eigenvalue weighted by Crippen LogP contribution is 2.26. The molecule has 0 unspecified atom stereocenters. The van der Waals surface area contributed by atoms with E-state index < -0.39 is 0 Å². The number of fused-ring (bicyclic) bond motifs is 1. The van der Waals surface area contributed by atoms with E-state index in [1.165, 1.54) is 17.7 Å². The number of anilines is 1. The lowest BCUT2D eigenvalue weighted by Crippen LogP contribution is -2.06. The van der Waals surface area contributed by atoms with Crippen LogP contribution in [-0.2, 0) is 19.3 Å². The summed E-state index contributed by atoms with van der Waals surface area (Å²) in [6.07, 6.45) is 7.76. The average Bonchev–Trinajstić information content (AvgIpc) is 2.87. The topological polar surface area (TPSA) is 50.7 Å². The molecule has 2 aromatic heterocycles. The molecule has 1 aliphatic carbocycles. The van der Waals surface area contributed by atoms with Gasteiger partial charge in [-0.2, -0.15) is 0 Å². The van der Waals surface area contributed by atoms with E-state index in [0.29, 0.717) is 0 Å². The first-order valence-electron chi connectivity index (χ1n) is 6.32. The molecule has 2 heterocycles. The summed E-state index contributed by atoms with van der Waals surface area (Å²) in [7, 11) is 1.93. The standard InChI is InChI=1S/C14H16N4/c1-15-14-11-5-2-6-12(11)17-13(18-14)8-10-4-3-7-16-9-10/h3-4,7,9H,2,5-6,8H2,1H3,(H,15,17,18). The fourth-order valence-corrected chi connectivity index (χ4v) is 2.45. The molecule has 2 aromatic rings. The summed E-state index contributed by atoms with van der Waals surface area (Å²) in [4.78, 5) is 13.4. The number of pyridine rings is 1. The van der Waals surface area contributed by atoms with Crippen molar-refractivity contribution in [2.75, 3.05) is 12.4 Å². The Morgan fingerprint density at radius 1 is 1.28 bits per heavy atom. The smallest absolute Gasteiger partial charge is 0.135 e. The molecular weight excluding hydrogens is 224 g/mol. The maximum absolute atomic E-state index is 4.68. The molecule has 4 nitrogen and oxygen atoms in total. The molecule has 0 radical (unpaired) electrons. The van der Waals surface area contributed by atoms with E-state index in [4.69, 9.17) is 0 Å². The Morgan fingerprint density at radius 3 is 3.00 bits per heavy atom. The monoisotopic (exact) mass is 240 g/mol. The second-order valence-electron chi connectivity index (χ2n) is 4.56. The first kappa shape index (κ1) is 11.1. The number of hydrogen-bond donors (Lipinski definition) is 1. The number of aromatic nitrogens is 3. The number of nitrogens with one attached hydrogen (secondary N) is 1. The summed E-state index contributed by atoms with van der Waals surface area (Å²) in [5, 5.41) is 3.19. The highest BCUT2D eigenvalue weighted by Gasteiger charge is 2.18. The van der Waals surface area contributed by atoms with Gasteiger partial charge in [0.2, 0.25) is 0 Å². The Morgan fingerprint density at radius 2 is 2.22 bits per heavy atom. The maximum Gasteiger partial charge on any atom is 0.135 e. The van der Waals surface area contributed by atoms with Gasteiger partial charge in [0.25, 0.3) is 0 Å². The van der Waals surface area contributed by atoms with Gasteiger partial charge < -0.3 is 5.32 Å². The van der Waals surface area contributed by atoms with Gasteiger partial charge in [-0.25, -0.2) is 9.97 Å². The van der Waals surface area contributed by atoms with Gasteiger partial charge in [-0.15, -0.1) is 0 Å². The lowest BCUT2D eigenvalue weighted by Gasteiger charge is -2.09. The van der Waals surface area contributed by atoms with Crippen molar-refractivity contribution in [1.82, 2.24) is 15.0 Å². The minimum atomic E-state index is 0.746. The van der Waals surface area contributed by atoms with Gasteiger partial charge in [-0.05, 0) is 30.9 Å². The minimum Gasteiger partial charge on any atom is -0.373 e. The lowest BCUT2D eigenvalue weighted by molar-refractivity contribution is 0.885. The number of hydrogen-bond acceptors (Lipinski definition) is 4. The van der Waals surface area contributed by atoms with Crippen molar-refractivity contribution in [1.29, 1.82) is 0 Å². The number of aryl methyl sites for hydroxylation is 1. The van der Waals surface area contributed by atoms with Crippen LogP contribution < -0.4 is 5.32 Å². The maximum atomic E-state index is 4.68. The zero-order valence-corrected chi connectivity index (χ0v) is 10.5.